The molecule has 164 valence electrons. The number of carbonyl (C=O) groups excluding carboxylic acids is 3. The van der Waals surface area contributed by atoms with E-state index in [1.807, 2.05) is 31.2 Å². The number of methoxy groups -OCH3 is 1. The Hall–Kier alpha value is -2.41. The fourth-order valence-electron chi connectivity index (χ4n) is 4.48. The van der Waals surface area contributed by atoms with Crippen LogP contribution in [-0.2, 0) is 14.3 Å². The molecule has 0 spiro atoms. The topological polar surface area (TPSA) is 87.7 Å². The lowest BCUT2D eigenvalue weighted by Gasteiger charge is -2.36. The molecule has 7 heteroatoms. The minimum Gasteiger partial charge on any atom is -0.375 e. The zero-order chi connectivity index (χ0) is 21.5. The lowest BCUT2D eigenvalue weighted by atomic mass is 9.88. The molecule has 1 heterocycles. The molecule has 0 aromatic heterocycles. The SMILES string of the molecule is COCC(=O)N1CCC[C@@H](C(=O)N[C@@H]2CCCC[C@H]2NC(=O)c2ccccc2C)C1. The van der Waals surface area contributed by atoms with Gasteiger partial charge < -0.3 is 20.3 Å². The van der Waals surface area contributed by atoms with Crippen LogP contribution in [0.25, 0.3) is 0 Å². The van der Waals surface area contributed by atoms with Gasteiger partial charge >= 0.3 is 0 Å². The maximum atomic E-state index is 13.0. The Balaban J connectivity index is 1.59. The maximum absolute atomic E-state index is 13.0. The number of rotatable bonds is 6. The van der Waals surface area contributed by atoms with Gasteiger partial charge in [0.15, 0.2) is 0 Å². The van der Waals surface area contributed by atoms with Gasteiger partial charge in [-0.1, -0.05) is 31.0 Å². The number of carbonyl (C=O) groups is 3. The number of nitrogens with zero attached hydrogens (tertiary/aromatic N) is 1. The van der Waals surface area contributed by atoms with Gasteiger partial charge in [0.25, 0.3) is 5.91 Å². The molecule has 3 atom stereocenters. The van der Waals surface area contributed by atoms with Crippen molar-refractivity contribution in [1.29, 1.82) is 0 Å². The zero-order valence-corrected chi connectivity index (χ0v) is 18.0. The Morgan fingerprint density at radius 2 is 1.73 bits per heavy atom. The predicted molar refractivity (Wildman–Crippen MR) is 114 cm³/mol. The fraction of sp³-hybridized carbons (Fsp3) is 0.609. The molecule has 1 aromatic rings. The quantitative estimate of drug-likeness (QED) is 0.744. The van der Waals surface area contributed by atoms with Crippen LogP contribution in [0.2, 0.25) is 0 Å². The summed E-state index contributed by atoms with van der Waals surface area (Å²) >= 11 is 0. The van der Waals surface area contributed by atoms with E-state index in [1.165, 1.54) is 7.11 Å². The third-order valence-corrected chi connectivity index (χ3v) is 6.21. The lowest BCUT2D eigenvalue weighted by molar-refractivity contribution is -0.139. The Labute approximate surface area is 178 Å². The minimum absolute atomic E-state index is 0.0213. The molecule has 1 aliphatic heterocycles. The summed E-state index contributed by atoms with van der Waals surface area (Å²) in [5.41, 5.74) is 1.61. The summed E-state index contributed by atoms with van der Waals surface area (Å²) in [5, 5.41) is 6.32. The standard InChI is InChI=1S/C23H33N3O4/c1-16-8-3-4-10-18(16)23(29)25-20-12-6-5-11-19(20)24-22(28)17-9-7-13-26(14-17)21(27)15-30-2/h3-4,8,10,17,19-20H,5-7,9,11-15H2,1-2H3,(H,24,28)(H,25,29)/t17-,19-,20-/m1/s1. The summed E-state index contributed by atoms with van der Waals surface area (Å²) in [5.74, 6) is -0.398. The number of hydrogen-bond acceptors (Lipinski definition) is 4. The number of hydrogen-bond donors (Lipinski definition) is 2. The van der Waals surface area contributed by atoms with Gasteiger partial charge in [-0.15, -0.1) is 0 Å². The summed E-state index contributed by atoms with van der Waals surface area (Å²) < 4.78 is 4.94. The van der Waals surface area contributed by atoms with Gasteiger partial charge in [-0.05, 0) is 44.2 Å². The monoisotopic (exact) mass is 415 g/mol. The third-order valence-electron chi connectivity index (χ3n) is 6.21. The molecule has 2 fully saturated rings. The number of likely N-dealkylation sites (tertiary alicyclic amines) is 1. The van der Waals surface area contributed by atoms with Crippen LogP contribution in [-0.4, -0.2) is 61.5 Å². The fourth-order valence-corrected chi connectivity index (χ4v) is 4.48. The van der Waals surface area contributed by atoms with Crippen LogP contribution in [0.4, 0.5) is 0 Å². The summed E-state index contributed by atoms with van der Waals surface area (Å²) in [6.07, 6.45) is 5.36. The normalized spacial score (nSPS) is 24.2. The lowest BCUT2D eigenvalue weighted by Crippen LogP contribution is -2.55. The van der Waals surface area contributed by atoms with Crippen molar-refractivity contribution < 1.29 is 19.1 Å². The van der Waals surface area contributed by atoms with Crippen molar-refractivity contribution in [1.82, 2.24) is 15.5 Å². The predicted octanol–water partition coefficient (Wildman–Crippen LogP) is 2.04. The molecule has 1 saturated heterocycles. The first-order valence-corrected chi connectivity index (χ1v) is 10.9. The van der Waals surface area contributed by atoms with Gasteiger partial charge in [-0.2, -0.15) is 0 Å². The molecular formula is C23H33N3O4. The van der Waals surface area contributed by atoms with Crippen LogP contribution in [0, 0.1) is 12.8 Å². The molecular weight excluding hydrogens is 382 g/mol. The summed E-state index contributed by atoms with van der Waals surface area (Å²) in [6, 6.07) is 7.38. The Morgan fingerprint density at radius 1 is 1.03 bits per heavy atom. The van der Waals surface area contributed by atoms with E-state index in [9.17, 15) is 14.4 Å². The van der Waals surface area contributed by atoms with Crippen molar-refractivity contribution in [3.8, 4) is 0 Å². The molecule has 1 aromatic carbocycles. The van der Waals surface area contributed by atoms with Crippen LogP contribution in [0.5, 0.6) is 0 Å². The molecule has 3 rings (SSSR count). The summed E-state index contributed by atoms with van der Waals surface area (Å²) in [4.78, 5) is 39.6. The number of amides is 3. The first-order chi connectivity index (χ1) is 14.5. The molecule has 2 aliphatic rings. The highest BCUT2D eigenvalue weighted by molar-refractivity contribution is 5.95. The van der Waals surface area contributed by atoms with Crippen molar-refractivity contribution in [2.24, 2.45) is 5.92 Å². The average molecular weight is 416 g/mol. The molecule has 0 unspecified atom stereocenters. The van der Waals surface area contributed by atoms with Crippen LogP contribution >= 0.6 is 0 Å². The molecule has 30 heavy (non-hydrogen) atoms. The van der Waals surface area contributed by atoms with E-state index in [0.29, 0.717) is 18.7 Å². The summed E-state index contributed by atoms with van der Waals surface area (Å²) in [6.45, 7) is 3.07. The maximum Gasteiger partial charge on any atom is 0.251 e. The molecule has 3 amide bonds. The average Bonchev–Trinajstić information content (AvgIpc) is 2.75. The van der Waals surface area contributed by atoms with Crippen LogP contribution in [0.3, 0.4) is 0 Å². The minimum atomic E-state index is -0.214. The Morgan fingerprint density at radius 3 is 2.43 bits per heavy atom. The van der Waals surface area contributed by atoms with E-state index in [4.69, 9.17) is 4.74 Å². The second-order valence-electron chi connectivity index (χ2n) is 8.41. The van der Waals surface area contributed by atoms with Crippen molar-refractivity contribution >= 4 is 17.7 Å². The van der Waals surface area contributed by atoms with E-state index in [2.05, 4.69) is 10.6 Å². The first-order valence-electron chi connectivity index (χ1n) is 10.9. The number of benzene rings is 1. The molecule has 1 aliphatic carbocycles. The third kappa shape index (κ3) is 5.59. The van der Waals surface area contributed by atoms with Gasteiger partial charge in [0.2, 0.25) is 11.8 Å². The van der Waals surface area contributed by atoms with Crippen molar-refractivity contribution in [3.63, 3.8) is 0 Å². The molecule has 2 N–H and O–H groups in total. The van der Waals surface area contributed by atoms with E-state index in [1.54, 1.807) is 4.90 Å². The zero-order valence-electron chi connectivity index (χ0n) is 18.0. The van der Waals surface area contributed by atoms with Crippen LogP contribution in [0.15, 0.2) is 24.3 Å². The summed E-state index contributed by atoms with van der Waals surface area (Å²) in [7, 11) is 1.50. The van der Waals surface area contributed by atoms with Gasteiger partial charge in [0.05, 0.1) is 5.92 Å². The first kappa shape index (κ1) is 22.3. The molecule has 0 bridgehead atoms. The van der Waals surface area contributed by atoms with Gasteiger partial charge in [0.1, 0.15) is 6.61 Å². The van der Waals surface area contributed by atoms with E-state index in [0.717, 1.165) is 44.1 Å². The number of nitrogens with one attached hydrogen (secondary N) is 2. The van der Waals surface area contributed by atoms with Crippen LogP contribution in [0.1, 0.15) is 54.4 Å². The molecule has 1 saturated carbocycles. The highest BCUT2D eigenvalue weighted by atomic mass is 16.5. The van der Waals surface area contributed by atoms with Gasteiger partial charge in [0, 0.05) is 37.8 Å². The van der Waals surface area contributed by atoms with E-state index >= 15 is 0 Å². The van der Waals surface area contributed by atoms with Crippen LogP contribution < -0.4 is 10.6 Å². The highest BCUT2D eigenvalue weighted by Gasteiger charge is 2.33. The Kier molecular flexibility index (Phi) is 7.85. The van der Waals surface area contributed by atoms with E-state index in [-0.39, 0.29) is 42.3 Å². The number of ether oxygens (including phenoxy) is 1. The second-order valence-corrected chi connectivity index (χ2v) is 8.41. The number of aryl methyl sites for hydroxylation is 1. The smallest absolute Gasteiger partial charge is 0.251 e. The van der Waals surface area contributed by atoms with Crippen molar-refractivity contribution in [2.75, 3.05) is 26.8 Å². The van der Waals surface area contributed by atoms with E-state index < -0.39 is 0 Å². The molecule has 7 nitrogen and oxygen atoms in total. The van der Waals surface area contributed by atoms with Gasteiger partial charge in [-0.3, -0.25) is 14.4 Å². The Bertz CT molecular complexity index is 767. The largest absolute Gasteiger partial charge is 0.375 e. The van der Waals surface area contributed by atoms with Crippen molar-refractivity contribution in [2.45, 2.75) is 57.5 Å². The highest BCUT2D eigenvalue weighted by Crippen LogP contribution is 2.22. The molecule has 0 radical (unpaired) electrons. The second kappa shape index (κ2) is 10.6. The van der Waals surface area contributed by atoms with Gasteiger partial charge in [-0.25, -0.2) is 0 Å². The number of piperidine rings is 1. The van der Waals surface area contributed by atoms with Crippen molar-refractivity contribution in [3.05, 3.63) is 35.4 Å².